The van der Waals surface area contributed by atoms with Crippen LogP contribution in [0.5, 0.6) is 0 Å². The van der Waals surface area contributed by atoms with Crippen molar-refractivity contribution in [3.63, 3.8) is 0 Å². The summed E-state index contributed by atoms with van der Waals surface area (Å²) in [5.41, 5.74) is 0. The normalized spacial score (nSPS) is 10.9. The van der Waals surface area contributed by atoms with Crippen molar-refractivity contribution in [2.24, 2.45) is 0 Å². The zero-order chi connectivity index (χ0) is 17.8. The molecular weight excluding hydrogens is 461 g/mol. The minimum Gasteiger partial charge on any atom is -0.412 e. The van der Waals surface area contributed by atoms with E-state index in [4.69, 9.17) is 11.6 Å². The summed E-state index contributed by atoms with van der Waals surface area (Å²) >= 11 is 3.15. The van der Waals surface area contributed by atoms with Crippen molar-refractivity contribution in [1.82, 2.24) is 0 Å². The summed E-state index contributed by atoms with van der Waals surface area (Å²) in [6.07, 6.45) is 0. The first-order chi connectivity index (χ1) is 12.8. The Balaban J connectivity index is 0.00000210. The van der Waals surface area contributed by atoms with E-state index in [1.54, 1.807) is 0 Å². The average molecular weight is 483 g/mol. The molecule has 4 aromatic rings. The third-order valence-corrected chi connectivity index (χ3v) is 17.1. The standard InChI is InChI=1S/C6H4Cl.3C6H5.H2O.Sb/c7-6-4-2-1-3-5-6;3*1-2-4-6-5-3-1;;/h1-2,4-5H;3*1-5H;1H2;. The number of hydrogen-bond acceptors (Lipinski definition) is 0. The molecule has 0 amide bonds. The Morgan fingerprint density at radius 3 is 1.19 bits per heavy atom. The first kappa shape index (κ1) is 19.7. The van der Waals surface area contributed by atoms with Crippen LogP contribution in [0.15, 0.2) is 115 Å². The van der Waals surface area contributed by atoms with Crippen molar-refractivity contribution in [2.75, 3.05) is 0 Å². The average Bonchev–Trinajstić information content (AvgIpc) is 2.71. The van der Waals surface area contributed by atoms with E-state index in [-0.39, 0.29) is 5.48 Å². The first-order valence-corrected chi connectivity index (χ1v) is 14.1. The summed E-state index contributed by atoms with van der Waals surface area (Å²) in [7, 11) is 0. The van der Waals surface area contributed by atoms with Gasteiger partial charge in [0.2, 0.25) is 0 Å². The summed E-state index contributed by atoms with van der Waals surface area (Å²) in [6.45, 7) is 0. The van der Waals surface area contributed by atoms with E-state index in [1.165, 1.54) is 14.0 Å². The van der Waals surface area contributed by atoms with E-state index in [1.807, 2.05) is 6.07 Å². The molecule has 0 aromatic heterocycles. The van der Waals surface area contributed by atoms with Crippen LogP contribution >= 0.6 is 11.6 Å². The number of rotatable bonds is 4. The Hall–Kier alpha value is -2.05. The zero-order valence-corrected chi connectivity index (χ0v) is 18.1. The Bertz CT molecular complexity index is 892. The third kappa shape index (κ3) is 3.69. The molecule has 27 heavy (non-hydrogen) atoms. The van der Waals surface area contributed by atoms with Crippen LogP contribution in [0.25, 0.3) is 0 Å². The minimum atomic E-state index is -3.29. The van der Waals surface area contributed by atoms with Crippen LogP contribution in [0.4, 0.5) is 0 Å². The maximum Gasteiger partial charge on any atom is -0.412 e. The second kappa shape index (κ2) is 8.76. The topological polar surface area (TPSA) is 31.5 Å². The van der Waals surface area contributed by atoms with Crippen molar-refractivity contribution in [1.29, 1.82) is 0 Å². The van der Waals surface area contributed by atoms with Crippen LogP contribution in [0.3, 0.4) is 0 Å². The maximum absolute atomic E-state index is 6.45. The Kier molecular flexibility index (Phi) is 6.39. The predicted molar refractivity (Wildman–Crippen MR) is 119 cm³/mol. The van der Waals surface area contributed by atoms with Gasteiger partial charge in [-0.1, -0.05) is 0 Å². The molecule has 0 atom stereocenters. The molecule has 0 fully saturated rings. The van der Waals surface area contributed by atoms with Crippen LogP contribution in [0, 0.1) is 0 Å². The van der Waals surface area contributed by atoms with Crippen LogP contribution in [0.2, 0.25) is 5.02 Å². The molecule has 0 saturated carbocycles. The smallest absolute Gasteiger partial charge is 0.412 e. The monoisotopic (exact) mass is 481 g/mol. The van der Waals surface area contributed by atoms with Crippen molar-refractivity contribution in [3.05, 3.63) is 120 Å². The van der Waals surface area contributed by atoms with E-state index in [0.717, 1.165) is 5.02 Å². The molecule has 2 N–H and O–H groups in total. The largest absolute Gasteiger partial charge is 0.412 e. The van der Waals surface area contributed by atoms with Gasteiger partial charge in [0.05, 0.1) is 0 Å². The second-order valence-corrected chi connectivity index (χ2v) is 16.3. The SMILES string of the molecule is Clc1ccc[c]([Sb]([c]2ccccc2)([c]2ccccc2)[c]2ccccc2)c1.O. The summed E-state index contributed by atoms with van der Waals surface area (Å²) in [4.78, 5) is 0. The molecule has 0 saturated heterocycles. The molecule has 3 heteroatoms. The van der Waals surface area contributed by atoms with Gasteiger partial charge in [0.1, 0.15) is 0 Å². The minimum absolute atomic E-state index is 0. The van der Waals surface area contributed by atoms with Gasteiger partial charge in [-0.2, -0.15) is 0 Å². The molecule has 0 aliphatic heterocycles. The van der Waals surface area contributed by atoms with Gasteiger partial charge < -0.3 is 5.48 Å². The quantitative estimate of drug-likeness (QED) is 0.401. The van der Waals surface area contributed by atoms with Crippen molar-refractivity contribution < 1.29 is 5.48 Å². The Morgan fingerprint density at radius 2 is 0.815 bits per heavy atom. The maximum atomic E-state index is 6.45. The van der Waals surface area contributed by atoms with Gasteiger partial charge >= 0.3 is 165 Å². The fourth-order valence-electron chi connectivity index (χ4n) is 3.53. The van der Waals surface area contributed by atoms with Crippen molar-refractivity contribution >= 4 is 44.4 Å². The predicted octanol–water partition coefficient (Wildman–Crippen LogP) is 2.89. The molecule has 4 rings (SSSR count). The van der Waals surface area contributed by atoms with E-state index < -0.39 is 18.8 Å². The van der Waals surface area contributed by atoms with Gasteiger partial charge in [-0.3, -0.25) is 0 Å². The third-order valence-electron chi connectivity index (χ3n) is 4.63. The molecule has 0 aliphatic carbocycles. The van der Waals surface area contributed by atoms with Crippen molar-refractivity contribution in [3.8, 4) is 0 Å². The number of halogens is 1. The molecule has 0 heterocycles. The van der Waals surface area contributed by atoms with E-state index in [0.29, 0.717) is 0 Å². The van der Waals surface area contributed by atoms with Gasteiger partial charge in [-0.05, 0) is 0 Å². The number of benzene rings is 4. The van der Waals surface area contributed by atoms with Gasteiger partial charge in [0.15, 0.2) is 0 Å². The van der Waals surface area contributed by atoms with Crippen LogP contribution in [-0.4, -0.2) is 24.3 Å². The van der Waals surface area contributed by atoms with E-state index >= 15 is 0 Å². The molecule has 1 radical (unpaired) electrons. The first-order valence-electron chi connectivity index (χ1n) is 8.64. The Labute approximate surface area is 169 Å². The zero-order valence-electron chi connectivity index (χ0n) is 14.8. The number of hydrogen-bond donors (Lipinski definition) is 0. The van der Waals surface area contributed by atoms with Crippen LogP contribution in [-0.2, 0) is 0 Å². The van der Waals surface area contributed by atoms with Crippen molar-refractivity contribution in [2.45, 2.75) is 0 Å². The summed E-state index contributed by atoms with van der Waals surface area (Å²) in [5, 5.41) is 0.795. The Morgan fingerprint density at radius 1 is 0.444 bits per heavy atom. The van der Waals surface area contributed by atoms with E-state index in [9.17, 15) is 0 Å². The summed E-state index contributed by atoms with van der Waals surface area (Å²) in [6, 6.07) is 41.3. The molecular formula is C24H21ClOSb. The fourth-order valence-corrected chi connectivity index (χ4v) is 16.2. The van der Waals surface area contributed by atoms with Crippen LogP contribution in [0.1, 0.15) is 0 Å². The second-order valence-electron chi connectivity index (χ2n) is 6.16. The molecule has 0 bridgehead atoms. The molecule has 0 aliphatic rings. The fraction of sp³-hybridized carbons (Fsp3) is 0. The van der Waals surface area contributed by atoms with Gasteiger partial charge in [-0.15, -0.1) is 0 Å². The molecule has 1 nitrogen and oxygen atoms in total. The molecule has 135 valence electrons. The van der Waals surface area contributed by atoms with Gasteiger partial charge in [0.25, 0.3) is 0 Å². The summed E-state index contributed by atoms with van der Waals surface area (Å²) in [5.74, 6) is 0. The molecule has 4 aromatic carbocycles. The van der Waals surface area contributed by atoms with E-state index in [2.05, 4.69) is 109 Å². The molecule has 0 spiro atoms. The van der Waals surface area contributed by atoms with Gasteiger partial charge in [0, 0.05) is 0 Å². The van der Waals surface area contributed by atoms with Crippen LogP contribution < -0.4 is 14.0 Å². The van der Waals surface area contributed by atoms with Gasteiger partial charge in [-0.25, -0.2) is 0 Å². The summed E-state index contributed by atoms with van der Waals surface area (Å²) < 4.78 is 5.63. The molecule has 0 unspecified atom stereocenters.